The number of carboxylic acid groups (broad SMARTS) is 1. The molecule has 6 nitrogen and oxygen atoms in total. The second kappa shape index (κ2) is 25.4. The molecule has 6 heteroatoms. The lowest BCUT2D eigenvalue weighted by atomic mass is 10.1. The summed E-state index contributed by atoms with van der Waals surface area (Å²) in [5, 5.41) is 8.23. The SMILES string of the molecule is C.C.C.C.C=CCOC(=O)C(C)CC.CCC(C)C(=O)OCCC(=O)O. The summed E-state index contributed by atoms with van der Waals surface area (Å²) in [6.45, 7) is 11.2. The molecule has 0 amide bonds. The van der Waals surface area contributed by atoms with Crippen LogP contribution in [0, 0.1) is 11.8 Å². The van der Waals surface area contributed by atoms with Gasteiger partial charge in [-0.1, -0.05) is 70.1 Å². The Labute approximate surface area is 162 Å². The smallest absolute Gasteiger partial charge is 0.308 e. The highest BCUT2D eigenvalue weighted by Gasteiger charge is 2.12. The second-order valence-electron chi connectivity index (χ2n) is 4.85. The maximum Gasteiger partial charge on any atom is 0.308 e. The molecule has 0 aliphatic heterocycles. The van der Waals surface area contributed by atoms with Crippen LogP contribution in [0.15, 0.2) is 12.7 Å². The van der Waals surface area contributed by atoms with E-state index >= 15 is 0 Å². The van der Waals surface area contributed by atoms with E-state index in [1.165, 1.54) is 0 Å². The molecule has 0 bridgehead atoms. The molecule has 0 radical (unpaired) electrons. The summed E-state index contributed by atoms with van der Waals surface area (Å²) >= 11 is 0. The molecule has 1 N–H and O–H groups in total. The maximum atomic E-state index is 10.9. The number of hydrogen-bond donors (Lipinski definition) is 1. The summed E-state index contributed by atoms with van der Waals surface area (Å²) in [7, 11) is 0. The van der Waals surface area contributed by atoms with Crippen molar-refractivity contribution in [3.05, 3.63) is 12.7 Å². The average molecular weight is 381 g/mol. The zero-order valence-corrected chi connectivity index (χ0v) is 14.0. The Morgan fingerprint density at radius 3 is 1.62 bits per heavy atom. The second-order valence-corrected chi connectivity index (χ2v) is 4.85. The largest absolute Gasteiger partial charge is 0.481 e. The lowest BCUT2D eigenvalue weighted by Crippen LogP contribution is -2.15. The molecule has 160 valence electrons. The van der Waals surface area contributed by atoms with E-state index in [0.29, 0.717) is 13.0 Å². The minimum atomic E-state index is -0.952. The Bertz CT molecular complexity index is 352. The van der Waals surface area contributed by atoms with E-state index in [-0.39, 0.29) is 66.5 Å². The molecule has 2 unspecified atom stereocenters. The number of carbonyl (C=O) groups is 3. The van der Waals surface area contributed by atoms with Gasteiger partial charge in [-0.2, -0.15) is 0 Å². The molecule has 0 heterocycles. The lowest BCUT2D eigenvalue weighted by molar-refractivity contribution is -0.150. The predicted octanol–water partition coefficient (Wildman–Crippen LogP) is 5.36. The molecule has 0 saturated carbocycles. The number of hydrogen-bond acceptors (Lipinski definition) is 5. The van der Waals surface area contributed by atoms with Crippen LogP contribution in [-0.2, 0) is 23.9 Å². The van der Waals surface area contributed by atoms with Crippen LogP contribution in [0.1, 0.15) is 76.7 Å². The van der Waals surface area contributed by atoms with Gasteiger partial charge < -0.3 is 14.6 Å². The summed E-state index contributed by atoms with van der Waals surface area (Å²) in [5.41, 5.74) is 0. The molecule has 0 aromatic rings. The van der Waals surface area contributed by atoms with E-state index in [0.717, 1.165) is 6.42 Å². The zero-order chi connectivity index (χ0) is 17.5. The van der Waals surface area contributed by atoms with Gasteiger partial charge in [0.2, 0.25) is 0 Å². The molecular formula is C20H44O6. The Morgan fingerprint density at radius 2 is 1.31 bits per heavy atom. The fourth-order valence-corrected chi connectivity index (χ4v) is 0.998. The van der Waals surface area contributed by atoms with Crippen LogP contribution >= 0.6 is 0 Å². The van der Waals surface area contributed by atoms with Crippen LogP contribution in [0.2, 0.25) is 0 Å². The lowest BCUT2D eigenvalue weighted by Gasteiger charge is -2.07. The van der Waals surface area contributed by atoms with Gasteiger partial charge in [0.15, 0.2) is 0 Å². The van der Waals surface area contributed by atoms with Crippen molar-refractivity contribution in [3.63, 3.8) is 0 Å². The third-order valence-corrected chi connectivity index (χ3v) is 2.93. The first-order chi connectivity index (χ1) is 10.3. The van der Waals surface area contributed by atoms with E-state index in [9.17, 15) is 14.4 Å². The van der Waals surface area contributed by atoms with E-state index in [1.807, 2.05) is 20.8 Å². The van der Waals surface area contributed by atoms with Crippen molar-refractivity contribution < 1.29 is 29.0 Å². The summed E-state index contributed by atoms with van der Waals surface area (Å²) < 4.78 is 9.47. The minimum Gasteiger partial charge on any atom is -0.481 e. The predicted molar refractivity (Wildman–Crippen MR) is 110 cm³/mol. The van der Waals surface area contributed by atoms with Crippen molar-refractivity contribution in [1.82, 2.24) is 0 Å². The maximum absolute atomic E-state index is 10.9. The topological polar surface area (TPSA) is 89.9 Å². The molecule has 2 atom stereocenters. The minimum absolute atomic E-state index is 0. The molecule has 0 aromatic heterocycles. The summed E-state index contributed by atoms with van der Waals surface area (Å²) in [5.74, 6) is -1.54. The van der Waals surface area contributed by atoms with Gasteiger partial charge >= 0.3 is 17.9 Å². The third-order valence-electron chi connectivity index (χ3n) is 2.93. The molecule has 0 aromatic carbocycles. The van der Waals surface area contributed by atoms with Crippen molar-refractivity contribution in [2.75, 3.05) is 13.2 Å². The first kappa shape index (κ1) is 39.3. The molecule has 0 aliphatic rings. The fraction of sp³-hybridized carbons (Fsp3) is 0.750. The number of aliphatic carboxylic acids is 1. The Hall–Kier alpha value is -1.85. The van der Waals surface area contributed by atoms with Gasteiger partial charge in [-0.15, -0.1) is 0 Å². The van der Waals surface area contributed by atoms with E-state index in [2.05, 4.69) is 11.3 Å². The molecule has 0 rings (SSSR count). The summed E-state index contributed by atoms with van der Waals surface area (Å²) in [6.07, 6.45) is 2.99. The Kier molecular flexibility index (Phi) is 38.4. The molecule has 0 aliphatic carbocycles. The molecular weight excluding hydrogens is 336 g/mol. The first-order valence-electron chi connectivity index (χ1n) is 7.45. The van der Waals surface area contributed by atoms with Crippen molar-refractivity contribution in [1.29, 1.82) is 0 Å². The molecule has 0 saturated heterocycles. The van der Waals surface area contributed by atoms with Crippen molar-refractivity contribution >= 4 is 17.9 Å². The monoisotopic (exact) mass is 380 g/mol. The van der Waals surface area contributed by atoms with Gasteiger partial charge in [-0.3, -0.25) is 14.4 Å². The van der Waals surface area contributed by atoms with Gasteiger partial charge in [0, 0.05) is 0 Å². The van der Waals surface area contributed by atoms with Crippen molar-refractivity contribution in [2.24, 2.45) is 11.8 Å². The summed E-state index contributed by atoms with van der Waals surface area (Å²) in [6, 6.07) is 0. The van der Waals surface area contributed by atoms with Crippen LogP contribution in [0.25, 0.3) is 0 Å². The normalized spacial score (nSPS) is 10.3. The van der Waals surface area contributed by atoms with Crippen LogP contribution in [0.4, 0.5) is 0 Å². The van der Waals surface area contributed by atoms with E-state index in [1.54, 1.807) is 13.0 Å². The number of carbonyl (C=O) groups excluding carboxylic acids is 2. The third kappa shape index (κ3) is 24.4. The van der Waals surface area contributed by atoms with E-state index < -0.39 is 5.97 Å². The quantitative estimate of drug-likeness (QED) is 0.428. The van der Waals surface area contributed by atoms with Crippen molar-refractivity contribution in [3.8, 4) is 0 Å². The highest BCUT2D eigenvalue weighted by Crippen LogP contribution is 2.03. The van der Waals surface area contributed by atoms with Gasteiger partial charge in [-0.25, -0.2) is 0 Å². The standard InChI is InChI=1S/C8H14O4.C8H14O2.4CH4/c1-3-6(2)8(11)12-5-4-7(9)10;1-4-6-10-8(9)7(3)5-2;;;;/h6H,3-5H2,1-2H3,(H,9,10);4,7H,1,5-6H2,2-3H3;4*1H4. The van der Waals surface area contributed by atoms with Gasteiger partial charge in [0.25, 0.3) is 0 Å². The van der Waals surface area contributed by atoms with Crippen LogP contribution < -0.4 is 0 Å². The Balaban J connectivity index is -0.0000000674. The molecule has 0 fully saturated rings. The highest BCUT2D eigenvalue weighted by atomic mass is 16.5. The zero-order valence-electron chi connectivity index (χ0n) is 14.0. The van der Waals surface area contributed by atoms with Crippen LogP contribution in [0.3, 0.4) is 0 Å². The fourth-order valence-electron chi connectivity index (χ4n) is 0.998. The van der Waals surface area contributed by atoms with Crippen LogP contribution in [0.5, 0.6) is 0 Å². The number of carboxylic acids is 1. The molecule has 26 heavy (non-hydrogen) atoms. The Morgan fingerprint density at radius 1 is 0.923 bits per heavy atom. The van der Waals surface area contributed by atoms with E-state index in [4.69, 9.17) is 9.84 Å². The van der Waals surface area contributed by atoms with Gasteiger partial charge in [0.1, 0.15) is 13.2 Å². The first-order valence-corrected chi connectivity index (χ1v) is 7.45. The average Bonchev–Trinajstić information content (AvgIpc) is 2.50. The van der Waals surface area contributed by atoms with Crippen molar-refractivity contribution in [2.45, 2.75) is 76.7 Å². The molecule has 0 spiro atoms. The van der Waals surface area contributed by atoms with Crippen LogP contribution in [-0.4, -0.2) is 36.2 Å². The van der Waals surface area contributed by atoms with Gasteiger partial charge in [-0.05, 0) is 12.8 Å². The highest BCUT2D eigenvalue weighted by molar-refractivity contribution is 5.73. The summed E-state index contributed by atoms with van der Waals surface area (Å²) in [4.78, 5) is 31.8. The number of ether oxygens (including phenoxy) is 2. The number of rotatable bonds is 9. The van der Waals surface area contributed by atoms with Gasteiger partial charge in [0.05, 0.1) is 18.3 Å². The number of esters is 2.